The number of aliphatic carboxylic acids is 1. The summed E-state index contributed by atoms with van der Waals surface area (Å²) in [6, 6.07) is -0.972. The van der Waals surface area contributed by atoms with E-state index in [1.807, 2.05) is 0 Å². The third-order valence-corrected chi connectivity index (χ3v) is 5.78. The summed E-state index contributed by atoms with van der Waals surface area (Å²) >= 11 is 0. The van der Waals surface area contributed by atoms with Crippen LogP contribution in [0.3, 0.4) is 0 Å². The summed E-state index contributed by atoms with van der Waals surface area (Å²) in [5.41, 5.74) is 4.81. The molecule has 0 heterocycles. The molecule has 0 aliphatic carbocycles. The fourth-order valence-electron chi connectivity index (χ4n) is 3.82. The zero-order valence-electron chi connectivity index (χ0n) is 22.7. The number of nitrogens with two attached hydrogens (primary N) is 1. The minimum atomic E-state index is -1.22. The number of rotatable bonds is 21. The first-order chi connectivity index (χ1) is 16.6. The number of carbonyl (C=O) groups is 3. The molecule has 4 N–H and O–H groups in total. The number of hydrogen-bond acceptors (Lipinski definition) is 6. The van der Waals surface area contributed by atoms with Crippen molar-refractivity contribution in [3.63, 3.8) is 0 Å². The molecular weight excluding hydrogens is 448 g/mol. The van der Waals surface area contributed by atoms with Gasteiger partial charge >= 0.3 is 18.0 Å². The van der Waals surface area contributed by atoms with E-state index in [2.05, 4.69) is 12.2 Å². The highest BCUT2D eigenvalue weighted by molar-refractivity contribution is 5.84. The minimum absolute atomic E-state index is 0.264. The van der Waals surface area contributed by atoms with E-state index in [4.69, 9.17) is 15.2 Å². The maximum atomic E-state index is 12.7. The molecule has 2 atom stereocenters. The van der Waals surface area contributed by atoms with Crippen molar-refractivity contribution in [3.05, 3.63) is 0 Å². The maximum Gasteiger partial charge on any atom is 0.408 e. The topological polar surface area (TPSA) is 128 Å². The molecule has 0 aromatic heterocycles. The molecule has 0 aromatic rings. The number of carboxylic acids is 1. The Labute approximate surface area is 213 Å². The second-order valence-corrected chi connectivity index (χ2v) is 10.4. The van der Waals surface area contributed by atoms with Crippen molar-refractivity contribution in [3.8, 4) is 0 Å². The molecule has 206 valence electrons. The number of carboxylic acid groups (broad SMARTS) is 1. The van der Waals surface area contributed by atoms with Crippen LogP contribution in [-0.4, -0.2) is 47.4 Å². The number of nitrogens with one attached hydrogen (secondary N) is 1. The molecule has 0 rings (SSSR count). The van der Waals surface area contributed by atoms with E-state index in [9.17, 15) is 19.5 Å². The summed E-state index contributed by atoms with van der Waals surface area (Å²) in [5, 5.41) is 12.0. The normalized spacial score (nSPS) is 13.2. The fourth-order valence-corrected chi connectivity index (χ4v) is 3.82. The van der Waals surface area contributed by atoms with Crippen LogP contribution in [-0.2, 0) is 19.1 Å². The number of unbranched alkanes of at least 4 members (excludes halogenated alkanes) is 12. The SMILES string of the molecule is CCCCCCCCCCCCCCC(OC(=O)[C@H](CCCCN)NC(=O)OC(C)(C)C)C(=O)O. The van der Waals surface area contributed by atoms with Crippen molar-refractivity contribution >= 4 is 18.0 Å². The molecule has 35 heavy (non-hydrogen) atoms. The quantitative estimate of drug-likeness (QED) is 0.128. The fraction of sp³-hybridized carbons (Fsp3) is 0.889. The van der Waals surface area contributed by atoms with Gasteiger partial charge in [-0.05, 0) is 59.4 Å². The Balaban J connectivity index is 4.39. The Bertz CT molecular complexity index is 577. The first kappa shape index (κ1) is 33.2. The van der Waals surface area contributed by atoms with E-state index in [0.29, 0.717) is 32.2 Å². The molecule has 0 saturated carbocycles. The summed E-state index contributed by atoms with van der Waals surface area (Å²) in [4.78, 5) is 36.5. The molecule has 8 heteroatoms. The van der Waals surface area contributed by atoms with E-state index < -0.39 is 35.8 Å². The summed E-state index contributed by atoms with van der Waals surface area (Å²) in [5.74, 6) is -1.92. The average molecular weight is 501 g/mol. The lowest BCUT2D eigenvalue weighted by molar-refractivity contribution is -0.166. The van der Waals surface area contributed by atoms with Gasteiger partial charge in [0.05, 0.1) is 0 Å². The zero-order valence-corrected chi connectivity index (χ0v) is 22.7. The van der Waals surface area contributed by atoms with Gasteiger partial charge in [0.1, 0.15) is 11.6 Å². The van der Waals surface area contributed by atoms with Gasteiger partial charge in [0.2, 0.25) is 0 Å². The third-order valence-electron chi connectivity index (χ3n) is 5.78. The van der Waals surface area contributed by atoms with Gasteiger partial charge in [-0.1, -0.05) is 77.6 Å². The van der Waals surface area contributed by atoms with Crippen LogP contribution in [0.1, 0.15) is 130 Å². The lowest BCUT2D eigenvalue weighted by Crippen LogP contribution is -2.45. The van der Waals surface area contributed by atoms with Crippen LogP contribution in [0.5, 0.6) is 0 Å². The molecule has 8 nitrogen and oxygen atoms in total. The number of carbonyl (C=O) groups excluding carboxylic acids is 2. The molecule has 0 saturated heterocycles. The van der Waals surface area contributed by atoms with Crippen molar-refractivity contribution in [1.29, 1.82) is 0 Å². The number of ether oxygens (including phenoxy) is 2. The van der Waals surface area contributed by atoms with Crippen molar-refractivity contribution in [2.45, 2.75) is 148 Å². The summed E-state index contributed by atoms with van der Waals surface area (Å²) in [7, 11) is 0. The lowest BCUT2D eigenvalue weighted by atomic mass is 10.0. The van der Waals surface area contributed by atoms with Crippen LogP contribution in [0.25, 0.3) is 0 Å². The second kappa shape index (κ2) is 20.4. The van der Waals surface area contributed by atoms with E-state index >= 15 is 0 Å². The van der Waals surface area contributed by atoms with Crippen molar-refractivity contribution < 1.29 is 29.0 Å². The molecule has 0 bridgehead atoms. The van der Waals surface area contributed by atoms with Gasteiger partial charge in [-0.25, -0.2) is 14.4 Å². The van der Waals surface area contributed by atoms with Crippen LogP contribution in [0, 0.1) is 0 Å². The number of alkyl carbamates (subject to hydrolysis) is 1. The highest BCUT2D eigenvalue weighted by Crippen LogP contribution is 2.15. The molecule has 0 radical (unpaired) electrons. The maximum absolute atomic E-state index is 12.7. The number of amides is 1. The van der Waals surface area contributed by atoms with Crippen molar-refractivity contribution in [2.24, 2.45) is 5.73 Å². The second-order valence-electron chi connectivity index (χ2n) is 10.4. The molecule has 0 fully saturated rings. The standard InChI is InChI=1S/C27H52N2O6/c1-5-6-7-8-9-10-11-12-13-14-15-16-20-23(24(30)31)34-25(32)22(19-17-18-21-28)29-26(33)35-27(2,3)4/h22-23H,5-21,28H2,1-4H3,(H,29,33)(H,30,31)/t22-,23?/m0/s1. The Morgan fingerprint density at radius 2 is 1.29 bits per heavy atom. The van der Waals surface area contributed by atoms with Crippen LogP contribution in [0.2, 0.25) is 0 Å². The smallest absolute Gasteiger partial charge is 0.408 e. The predicted octanol–water partition coefficient (Wildman–Crippen LogP) is 6.10. The van der Waals surface area contributed by atoms with Gasteiger partial charge in [0.25, 0.3) is 0 Å². The molecule has 1 unspecified atom stereocenters. The van der Waals surface area contributed by atoms with E-state index in [0.717, 1.165) is 19.3 Å². The van der Waals surface area contributed by atoms with Crippen LogP contribution < -0.4 is 11.1 Å². The number of esters is 1. The Morgan fingerprint density at radius 3 is 1.74 bits per heavy atom. The predicted molar refractivity (Wildman–Crippen MR) is 139 cm³/mol. The summed E-state index contributed by atoms with van der Waals surface area (Å²) in [6.45, 7) is 7.87. The molecule has 0 spiro atoms. The molecule has 1 amide bonds. The van der Waals surface area contributed by atoms with E-state index in [1.165, 1.54) is 51.4 Å². The van der Waals surface area contributed by atoms with Crippen molar-refractivity contribution in [1.82, 2.24) is 5.32 Å². The highest BCUT2D eigenvalue weighted by atomic mass is 16.6. The number of hydrogen-bond donors (Lipinski definition) is 3. The molecule has 0 aromatic carbocycles. The highest BCUT2D eigenvalue weighted by Gasteiger charge is 2.29. The average Bonchev–Trinajstić information content (AvgIpc) is 2.76. The van der Waals surface area contributed by atoms with E-state index in [-0.39, 0.29) is 6.42 Å². The lowest BCUT2D eigenvalue weighted by Gasteiger charge is -2.24. The van der Waals surface area contributed by atoms with Gasteiger partial charge < -0.3 is 25.6 Å². The van der Waals surface area contributed by atoms with Crippen LogP contribution in [0.15, 0.2) is 0 Å². The van der Waals surface area contributed by atoms with Gasteiger partial charge in [-0.2, -0.15) is 0 Å². The third kappa shape index (κ3) is 20.1. The van der Waals surface area contributed by atoms with Gasteiger partial charge in [0, 0.05) is 0 Å². The largest absolute Gasteiger partial charge is 0.479 e. The first-order valence-corrected chi connectivity index (χ1v) is 13.7. The van der Waals surface area contributed by atoms with Gasteiger partial charge in [0.15, 0.2) is 6.10 Å². The summed E-state index contributed by atoms with van der Waals surface area (Å²) in [6.07, 6.45) is 14.1. The minimum Gasteiger partial charge on any atom is -0.479 e. The first-order valence-electron chi connectivity index (χ1n) is 13.7. The molecular formula is C27H52N2O6. The Hall–Kier alpha value is -1.83. The Morgan fingerprint density at radius 1 is 0.800 bits per heavy atom. The zero-order chi connectivity index (χ0) is 26.5. The van der Waals surface area contributed by atoms with Crippen molar-refractivity contribution in [2.75, 3.05) is 6.54 Å². The van der Waals surface area contributed by atoms with Crippen LogP contribution >= 0.6 is 0 Å². The van der Waals surface area contributed by atoms with Crippen LogP contribution in [0.4, 0.5) is 4.79 Å². The summed E-state index contributed by atoms with van der Waals surface area (Å²) < 4.78 is 10.5. The molecule has 0 aliphatic rings. The van der Waals surface area contributed by atoms with E-state index in [1.54, 1.807) is 20.8 Å². The van der Waals surface area contributed by atoms with Gasteiger partial charge in [-0.3, -0.25) is 0 Å². The Kier molecular flexibility index (Phi) is 19.3. The van der Waals surface area contributed by atoms with Gasteiger partial charge in [-0.15, -0.1) is 0 Å². The monoisotopic (exact) mass is 500 g/mol. The molecule has 0 aliphatic heterocycles.